The topological polar surface area (TPSA) is 46.2 Å². The van der Waals surface area contributed by atoms with E-state index in [1.807, 2.05) is 6.07 Å². The average molecular weight is 205 g/mol. The summed E-state index contributed by atoms with van der Waals surface area (Å²) in [5, 5.41) is 9.25. The van der Waals surface area contributed by atoms with Crippen molar-refractivity contribution >= 4 is 0 Å². The summed E-state index contributed by atoms with van der Waals surface area (Å²) in [5.41, 5.74) is 7.36. The van der Waals surface area contributed by atoms with Crippen LogP contribution in [0.2, 0.25) is 0 Å². The zero-order valence-corrected chi connectivity index (χ0v) is 8.97. The smallest absolute Gasteiger partial charge is 0.0474 e. The summed E-state index contributed by atoms with van der Waals surface area (Å²) in [7, 11) is 0. The van der Waals surface area contributed by atoms with Crippen molar-refractivity contribution in [3.8, 4) is 0 Å². The van der Waals surface area contributed by atoms with Crippen LogP contribution in [0.15, 0.2) is 30.3 Å². The second kappa shape index (κ2) is 4.77. The zero-order chi connectivity index (χ0) is 10.7. The minimum Gasteiger partial charge on any atom is -0.396 e. The van der Waals surface area contributed by atoms with Gasteiger partial charge in [0.05, 0.1) is 0 Å². The molecule has 1 fully saturated rings. The third-order valence-electron chi connectivity index (χ3n) is 3.55. The van der Waals surface area contributed by atoms with Crippen molar-refractivity contribution in [3.05, 3.63) is 35.9 Å². The number of hydrogen-bond donors (Lipinski definition) is 2. The van der Waals surface area contributed by atoms with E-state index in [0.717, 1.165) is 19.3 Å². The van der Waals surface area contributed by atoms with Gasteiger partial charge in [-0.05, 0) is 36.7 Å². The summed E-state index contributed by atoms with van der Waals surface area (Å²) in [6.45, 7) is 0.227. The molecule has 0 spiro atoms. The molecule has 1 aromatic rings. The first-order valence-corrected chi connectivity index (χ1v) is 5.72. The molecule has 1 aromatic carbocycles. The van der Waals surface area contributed by atoms with Gasteiger partial charge < -0.3 is 10.8 Å². The quantitative estimate of drug-likeness (QED) is 0.774. The maximum Gasteiger partial charge on any atom is 0.0474 e. The molecule has 0 radical (unpaired) electrons. The number of rotatable bonds is 2. The summed E-state index contributed by atoms with van der Waals surface area (Å²) in [6, 6.07) is 10.7. The van der Waals surface area contributed by atoms with E-state index in [9.17, 15) is 5.11 Å². The first-order chi connectivity index (χ1) is 7.31. The van der Waals surface area contributed by atoms with Crippen LogP contribution in [0, 0.1) is 5.92 Å². The average Bonchev–Trinajstić information content (AvgIpc) is 2.31. The fourth-order valence-corrected chi connectivity index (χ4v) is 2.53. The molecule has 3 N–H and O–H groups in total. The van der Waals surface area contributed by atoms with Gasteiger partial charge in [0.15, 0.2) is 0 Å². The third-order valence-corrected chi connectivity index (χ3v) is 3.55. The summed E-state index contributed by atoms with van der Waals surface area (Å²) in [5.74, 6) is 0.868. The van der Waals surface area contributed by atoms with Crippen LogP contribution in [0.1, 0.15) is 30.7 Å². The second-order valence-corrected chi connectivity index (χ2v) is 4.53. The molecular formula is C13H19NO. The van der Waals surface area contributed by atoms with Gasteiger partial charge in [0.25, 0.3) is 0 Å². The predicted octanol–water partition coefficient (Wildman–Crippen LogP) is 1.89. The Morgan fingerprint density at radius 3 is 2.60 bits per heavy atom. The summed E-state index contributed by atoms with van der Waals surface area (Å²) in [6.07, 6.45) is 3.22. The normalized spacial score (nSPS) is 31.5. The van der Waals surface area contributed by atoms with Crippen LogP contribution >= 0.6 is 0 Å². The lowest BCUT2D eigenvalue weighted by Crippen LogP contribution is -2.37. The predicted molar refractivity (Wildman–Crippen MR) is 61.6 cm³/mol. The van der Waals surface area contributed by atoms with E-state index in [2.05, 4.69) is 24.3 Å². The highest BCUT2D eigenvalue weighted by molar-refractivity contribution is 5.20. The molecule has 1 aliphatic carbocycles. The maximum atomic E-state index is 9.25. The molecular weight excluding hydrogens is 186 g/mol. The fourth-order valence-electron chi connectivity index (χ4n) is 2.53. The van der Waals surface area contributed by atoms with Crippen molar-refractivity contribution < 1.29 is 5.11 Å². The Hall–Kier alpha value is -0.860. The Kier molecular flexibility index (Phi) is 3.39. The molecule has 0 unspecified atom stereocenters. The fraction of sp³-hybridized carbons (Fsp3) is 0.538. The molecule has 2 nitrogen and oxygen atoms in total. The Morgan fingerprint density at radius 1 is 1.20 bits per heavy atom. The SMILES string of the molecule is N[C@@H]1CC[C@@H](c2ccccc2)C[C@@H]1CO. The van der Waals surface area contributed by atoms with Crippen molar-refractivity contribution in [2.45, 2.75) is 31.2 Å². The minimum atomic E-state index is 0.190. The molecule has 0 aliphatic heterocycles. The number of aliphatic hydroxyl groups is 1. The summed E-state index contributed by atoms with van der Waals surface area (Å²) >= 11 is 0. The lowest BCUT2D eigenvalue weighted by Gasteiger charge is -2.33. The van der Waals surface area contributed by atoms with E-state index in [-0.39, 0.29) is 18.6 Å². The molecule has 82 valence electrons. The van der Waals surface area contributed by atoms with Crippen LogP contribution < -0.4 is 5.73 Å². The van der Waals surface area contributed by atoms with E-state index >= 15 is 0 Å². The van der Waals surface area contributed by atoms with Crippen molar-refractivity contribution in [2.24, 2.45) is 11.7 Å². The number of benzene rings is 1. The maximum absolute atomic E-state index is 9.25. The van der Waals surface area contributed by atoms with Gasteiger partial charge in [-0.15, -0.1) is 0 Å². The Bertz CT molecular complexity index is 299. The van der Waals surface area contributed by atoms with E-state index in [0.29, 0.717) is 5.92 Å². The van der Waals surface area contributed by atoms with Crippen LogP contribution in [-0.2, 0) is 0 Å². The lowest BCUT2D eigenvalue weighted by molar-refractivity contribution is 0.160. The van der Waals surface area contributed by atoms with Gasteiger partial charge in [0.2, 0.25) is 0 Å². The van der Waals surface area contributed by atoms with Crippen molar-refractivity contribution in [3.63, 3.8) is 0 Å². The van der Waals surface area contributed by atoms with Crippen molar-refractivity contribution in [1.29, 1.82) is 0 Å². The molecule has 1 saturated carbocycles. The molecule has 3 atom stereocenters. The standard InChI is InChI=1S/C13H19NO/c14-13-7-6-11(8-12(13)9-15)10-4-2-1-3-5-10/h1-5,11-13,15H,6-9,14H2/t11-,12-,13-/m1/s1. The molecule has 2 heteroatoms. The van der Waals surface area contributed by atoms with Crippen LogP contribution in [0.5, 0.6) is 0 Å². The van der Waals surface area contributed by atoms with E-state index in [1.165, 1.54) is 5.56 Å². The Labute approximate surface area is 91.1 Å². The first kappa shape index (κ1) is 10.7. The monoisotopic (exact) mass is 205 g/mol. The summed E-state index contributed by atoms with van der Waals surface area (Å²) in [4.78, 5) is 0. The molecule has 15 heavy (non-hydrogen) atoms. The molecule has 0 amide bonds. The van der Waals surface area contributed by atoms with Gasteiger partial charge in [-0.25, -0.2) is 0 Å². The molecule has 2 rings (SSSR count). The van der Waals surface area contributed by atoms with Gasteiger partial charge in [0, 0.05) is 12.6 Å². The zero-order valence-electron chi connectivity index (χ0n) is 8.97. The number of aliphatic hydroxyl groups excluding tert-OH is 1. The Morgan fingerprint density at radius 2 is 1.93 bits per heavy atom. The first-order valence-electron chi connectivity index (χ1n) is 5.72. The van der Waals surface area contributed by atoms with Crippen LogP contribution in [-0.4, -0.2) is 17.8 Å². The third kappa shape index (κ3) is 2.39. The van der Waals surface area contributed by atoms with Gasteiger partial charge in [-0.3, -0.25) is 0 Å². The number of nitrogens with two attached hydrogens (primary N) is 1. The van der Waals surface area contributed by atoms with Crippen LogP contribution in [0.4, 0.5) is 0 Å². The van der Waals surface area contributed by atoms with Gasteiger partial charge in [0.1, 0.15) is 0 Å². The lowest BCUT2D eigenvalue weighted by atomic mass is 9.76. The molecule has 1 aliphatic rings. The highest BCUT2D eigenvalue weighted by atomic mass is 16.3. The van der Waals surface area contributed by atoms with Crippen molar-refractivity contribution in [2.75, 3.05) is 6.61 Å². The van der Waals surface area contributed by atoms with Crippen LogP contribution in [0.25, 0.3) is 0 Å². The van der Waals surface area contributed by atoms with Gasteiger partial charge in [-0.2, -0.15) is 0 Å². The summed E-state index contributed by atoms with van der Waals surface area (Å²) < 4.78 is 0. The van der Waals surface area contributed by atoms with Crippen LogP contribution in [0.3, 0.4) is 0 Å². The second-order valence-electron chi connectivity index (χ2n) is 4.53. The molecule has 0 heterocycles. The Balaban J connectivity index is 2.06. The minimum absolute atomic E-state index is 0.190. The van der Waals surface area contributed by atoms with Gasteiger partial charge >= 0.3 is 0 Å². The van der Waals surface area contributed by atoms with Crippen molar-refractivity contribution in [1.82, 2.24) is 0 Å². The highest BCUT2D eigenvalue weighted by Gasteiger charge is 2.28. The van der Waals surface area contributed by atoms with E-state index < -0.39 is 0 Å². The van der Waals surface area contributed by atoms with E-state index in [1.54, 1.807) is 0 Å². The van der Waals surface area contributed by atoms with E-state index in [4.69, 9.17) is 5.73 Å². The highest BCUT2D eigenvalue weighted by Crippen LogP contribution is 2.35. The largest absolute Gasteiger partial charge is 0.396 e. The van der Waals surface area contributed by atoms with Gasteiger partial charge in [-0.1, -0.05) is 30.3 Å². The molecule has 0 bridgehead atoms. The molecule has 0 saturated heterocycles. The molecule has 0 aromatic heterocycles. The number of hydrogen-bond acceptors (Lipinski definition) is 2.